The number of allylic oxidation sites excluding steroid dienone is 3. The number of hydrogen-bond acceptors (Lipinski definition) is 1. The maximum Gasteiger partial charge on any atom is 0.399 e. The zero-order valence-corrected chi connectivity index (χ0v) is 17.6. The van der Waals surface area contributed by atoms with Crippen molar-refractivity contribution in [1.82, 2.24) is 0 Å². The van der Waals surface area contributed by atoms with Crippen molar-refractivity contribution in [2.75, 3.05) is 0 Å². The zero-order valence-electron chi connectivity index (χ0n) is 14.8. The molecule has 1 nitrogen and oxygen atoms in total. The van der Waals surface area contributed by atoms with Crippen molar-refractivity contribution >= 4 is 0 Å². The first-order valence-electron chi connectivity index (χ1n) is 8.87. The number of rotatable bonds is 6. The van der Waals surface area contributed by atoms with Crippen molar-refractivity contribution < 1.29 is 46.2 Å². The predicted molar refractivity (Wildman–Crippen MR) is 89.8 cm³/mol. The molecule has 0 heterocycles. The summed E-state index contributed by atoms with van der Waals surface area (Å²) in [5, 5.41) is 0. The Balaban J connectivity index is 0.00000288. The van der Waals surface area contributed by atoms with Crippen molar-refractivity contribution in [2.45, 2.75) is 64.4 Å². The quantitative estimate of drug-likeness (QED) is 0.283. The van der Waals surface area contributed by atoms with Crippen molar-refractivity contribution in [3.8, 4) is 0 Å². The minimum atomic E-state index is -3.13. The second kappa shape index (κ2) is 10.2. The van der Waals surface area contributed by atoms with E-state index >= 15 is 0 Å². The molecule has 0 saturated heterocycles. The summed E-state index contributed by atoms with van der Waals surface area (Å²) < 4.78 is 33.3. The third-order valence-electron chi connectivity index (χ3n) is 5.63. The van der Waals surface area contributed by atoms with Crippen LogP contribution in [0.2, 0.25) is 0 Å². The second-order valence-electron chi connectivity index (χ2n) is 7.30. The maximum absolute atomic E-state index is 14.3. The maximum atomic E-state index is 14.3. The third kappa shape index (κ3) is 6.37. The first kappa shape index (κ1) is 22.0. The van der Waals surface area contributed by atoms with Gasteiger partial charge in [0.25, 0.3) is 0 Å². The molecule has 0 spiro atoms. The summed E-state index contributed by atoms with van der Waals surface area (Å²) in [5.74, 6) is 1.50. The fraction of sp³-hybridized carbons (Fsp3) is 0.700. The predicted octanol–water partition coefficient (Wildman–Crippen LogP) is 6.29. The molecule has 0 aromatic carbocycles. The molecule has 133 valence electrons. The van der Waals surface area contributed by atoms with Crippen LogP contribution in [0.3, 0.4) is 0 Å². The smallest absolute Gasteiger partial charge is 0.399 e. The van der Waals surface area contributed by atoms with E-state index in [1.165, 1.54) is 37.8 Å². The normalized spacial score (nSPS) is 31.3. The molecule has 0 N–H and O–H groups in total. The molecule has 0 unspecified atom stereocenters. The molecule has 0 aromatic heterocycles. The molecule has 24 heavy (non-hydrogen) atoms. The largest absolute Gasteiger partial charge is 0.453 e. The molecule has 0 bridgehead atoms. The van der Waals surface area contributed by atoms with Crippen LogP contribution in [0.5, 0.6) is 0 Å². The number of halogens is 2. The van der Waals surface area contributed by atoms with Gasteiger partial charge >= 0.3 is 6.11 Å². The summed E-state index contributed by atoms with van der Waals surface area (Å²) >= 11 is 0. The van der Waals surface area contributed by atoms with Gasteiger partial charge in [-0.05, 0) is 56.3 Å². The van der Waals surface area contributed by atoms with Gasteiger partial charge in [0.1, 0.15) is 0 Å². The fourth-order valence-electron chi connectivity index (χ4n) is 4.13. The Morgan fingerprint density at radius 1 is 1.04 bits per heavy atom. The van der Waals surface area contributed by atoms with E-state index in [1.54, 1.807) is 0 Å². The molecule has 2 fully saturated rings. The van der Waals surface area contributed by atoms with Crippen molar-refractivity contribution in [1.29, 1.82) is 0 Å². The SMILES string of the molecule is C=[C-]/C=C\C(=C)OC(F)(F)C1CCC(C2CCC(C)CC2)CC1.[Y]. The standard InChI is InChI=1S/C20H29F2O.Y/c1-4-5-6-16(3)23-20(21,22)19-13-11-18(12-14-19)17-9-7-15(2)8-10-17;/h5-6,15,17-19H,1,3,7-14H2,2H3;/q-1;/b6-5-;. The van der Waals surface area contributed by atoms with Crippen LogP contribution in [0, 0.1) is 29.7 Å². The fourth-order valence-corrected chi connectivity index (χ4v) is 4.13. The van der Waals surface area contributed by atoms with Gasteiger partial charge in [-0.1, -0.05) is 26.3 Å². The van der Waals surface area contributed by atoms with Crippen LogP contribution in [0.1, 0.15) is 58.3 Å². The van der Waals surface area contributed by atoms with Crippen molar-refractivity contribution in [2.24, 2.45) is 23.7 Å². The van der Waals surface area contributed by atoms with E-state index in [1.807, 2.05) is 0 Å². The van der Waals surface area contributed by atoms with Gasteiger partial charge in [-0.15, -0.1) is 0 Å². The third-order valence-corrected chi connectivity index (χ3v) is 5.63. The van der Waals surface area contributed by atoms with Crippen LogP contribution in [0.4, 0.5) is 8.78 Å². The number of alkyl halides is 2. The van der Waals surface area contributed by atoms with Crippen LogP contribution >= 0.6 is 0 Å². The summed E-state index contributed by atoms with van der Waals surface area (Å²) in [6.07, 6.45) is 10.2. The van der Waals surface area contributed by atoms with Gasteiger partial charge in [0.15, 0.2) is 0 Å². The monoisotopic (exact) mass is 412 g/mol. The van der Waals surface area contributed by atoms with E-state index in [9.17, 15) is 8.78 Å². The Morgan fingerprint density at radius 3 is 2.04 bits per heavy atom. The molecule has 1 radical (unpaired) electrons. The Labute approximate surface area is 170 Å². The van der Waals surface area contributed by atoms with E-state index in [2.05, 4.69) is 26.2 Å². The molecule has 2 aliphatic carbocycles. The molecule has 0 atom stereocenters. The van der Waals surface area contributed by atoms with Crippen LogP contribution in [0.15, 0.2) is 31.1 Å². The van der Waals surface area contributed by atoms with E-state index < -0.39 is 12.0 Å². The van der Waals surface area contributed by atoms with E-state index in [4.69, 9.17) is 4.74 Å². The molecule has 2 saturated carbocycles. The molecular formula is C20H29F2OY-. The molecule has 2 rings (SSSR count). The van der Waals surface area contributed by atoms with Crippen molar-refractivity contribution in [3.05, 3.63) is 37.1 Å². The Kier molecular flexibility index (Phi) is 9.37. The minimum absolute atomic E-state index is 0. The average molecular weight is 412 g/mol. The van der Waals surface area contributed by atoms with Crippen LogP contribution < -0.4 is 0 Å². The zero-order chi connectivity index (χ0) is 16.9. The Bertz CT molecular complexity index is 431. The van der Waals surface area contributed by atoms with Gasteiger partial charge in [0.05, 0.1) is 5.92 Å². The molecular weight excluding hydrogens is 383 g/mol. The summed E-state index contributed by atoms with van der Waals surface area (Å²) in [6.45, 7) is 9.21. The summed E-state index contributed by atoms with van der Waals surface area (Å²) in [7, 11) is 0. The van der Waals surface area contributed by atoms with E-state index in [0.29, 0.717) is 18.8 Å². The van der Waals surface area contributed by atoms with Gasteiger partial charge in [-0.2, -0.15) is 21.4 Å². The molecule has 0 aromatic rings. The Morgan fingerprint density at radius 2 is 1.54 bits per heavy atom. The molecule has 0 aliphatic heterocycles. The number of ether oxygens (including phenoxy) is 1. The van der Waals surface area contributed by atoms with Crippen LogP contribution in [-0.4, -0.2) is 6.11 Å². The van der Waals surface area contributed by atoms with Gasteiger partial charge in [0.2, 0.25) is 0 Å². The first-order chi connectivity index (χ1) is 10.9. The van der Waals surface area contributed by atoms with Gasteiger partial charge in [-0.25, -0.2) is 6.08 Å². The van der Waals surface area contributed by atoms with Crippen molar-refractivity contribution in [3.63, 3.8) is 0 Å². The van der Waals surface area contributed by atoms with Crippen LogP contribution in [0.25, 0.3) is 0 Å². The minimum Gasteiger partial charge on any atom is -0.453 e. The topological polar surface area (TPSA) is 9.23 Å². The Hall–Kier alpha value is -0.0161. The van der Waals surface area contributed by atoms with Gasteiger partial charge < -0.3 is 4.74 Å². The van der Waals surface area contributed by atoms with Crippen LogP contribution in [-0.2, 0) is 37.4 Å². The molecule has 4 heteroatoms. The first-order valence-corrected chi connectivity index (χ1v) is 8.87. The molecule has 2 aliphatic rings. The second-order valence-corrected chi connectivity index (χ2v) is 7.30. The van der Waals surface area contributed by atoms with E-state index in [0.717, 1.165) is 24.7 Å². The molecule has 0 amide bonds. The number of hydrogen-bond donors (Lipinski definition) is 0. The van der Waals surface area contributed by atoms with Gasteiger partial charge in [-0.3, -0.25) is 6.08 Å². The van der Waals surface area contributed by atoms with E-state index in [-0.39, 0.29) is 38.5 Å². The summed E-state index contributed by atoms with van der Waals surface area (Å²) in [6, 6.07) is 0. The average Bonchev–Trinajstić information content (AvgIpc) is 2.53. The van der Waals surface area contributed by atoms with Gasteiger partial charge in [0, 0.05) is 38.5 Å². The summed E-state index contributed by atoms with van der Waals surface area (Å²) in [4.78, 5) is 0. The summed E-state index contributed by atoms with van der Waals surface area (Å²) in [5.41, 5.74) is 0.